The maximum absolute atomic E-state index is 11.0. The smallest absolute Gasteiger partial charge is 0.241 e. The van der Waals surface area contributed by atoms with Gasteiger partial charge in [-0.1, -0.05) is 0 Å². The van der Waals surface area contributed by atoms with E-state index in [2.05, 4.69) is 5.10 Å². The Hall–Kier alpha value is -0.880. The van der Waals surface area contributed by atoms with Crippen LogP contribution in [0.4, 0.5) is 0 Å². The first-order chi connectivity index (χ1) is 6.48. The molecule has 2 N–H and O–H groups in total. The predicted octanol–water partition coefficient (Wildman–Crippen LogP) is 0.502. The van der Waals surface area contributed by atoms with Crippen LogP contribution in [0.1, 0.15) is 25.8 Å². The molecule has 1 aromatic rings. The summed E-state index contributed by atoms with van der Waals surface area (Å²) in [4.78, 5) is 0.0880. The molecule has 1 unspecified atom stereocenters. The summed E-state index contributed by atoms with van der Waals surface area (Å²) in [6.07, 6.45) is 5.20. The van der Waals surface area contributed by atoms with Crippen LogP contribution in [-0.2, 0) is 10.0 Å². The molecule has 1 aliphatic rings. The van der Waals surface area contributed by atoms with E-state index in [-0.39, 0.29) is 10.9 Å². The van der Waals surface area contributed by atoms with Crippen molar-refractivity contribution in [1.29, 1.82) is 0 Å². The monoisotopic (exact) mass is 215 g/mol. The fourth-order valence-electron chi connectivity index (χ4n) is 1.48. The molecule has 0 aliphatic heterocycles. The van der Waals surface area contributed by atoms with Gasteiger partial charge in [-0.2, -0.15) is 5.10 Å². The topological polar surface area (TPSA) is 78.0 Å². The lowest BCUT2D eigenvalue weighted by molar-refractivity contribution is 0.439. The average molecular weight is 215 g/mol. The minimum atomic E-state index is -3.60. The van der Waals surface area contributed by atoms with Gasteiger partial charge in [0.1, 0.15) is 4.90 Å². The second-order valence-corrected chi connectivity index (χ2v) is 5.34. The van der Waals surface area contributed by atoms with E-state index < -0.39 is 10.0 Å². The molecule has 0 aromatic carbocycles. The summed E-state index contributed by atoms with van der Waals surface area (Å²) < 4.78 is 23.6. The zero-order valence-electron chi connectivity index (χ0n) is 7.92. The van der Waals surface area contributed by atoms with Crippen LogP contribution in [0.5, 0.6) is 0 Å². The fourth-order valence-corrected chi connectivity index (χ4v) is 1.93. The summed E-state index contributed by atoms with van der Waals surface area (Å²) in [6, 6.07) is 0.269. The Balaban J connectivity index is 2.25. The molecular formula is C8H13N3O2S. The van der Waals surface area contributed by atoms with Crippen LogP contribution in [0.3, 0.4) is 0 Å². The lowest BCUT2D eigenvalue weighted by Crippen LogP contribution is -2.12. The van der Waals surface area contributed by atoms with Crippen molar-refractivity contribution >= 4 is 10.0 Å². The second-order valence-electron chi connectivity index (χ2n) is 3.78. The maximum Gasteiger partial charge on any atom is 0.241 e. The molecule has 1 fully saturated rings. The Bertz CT molecular complexity index is 433. The number of hydrogen-bond acceptors (Lipinski definition) is 3. The summed E-state index contributed by atoms with van der Waals surface area (Å²) in [5.74, 6) is 0.642. The van der Waals surface area contributed by atoms with Crippen LogP contribution in [0.2, 0.25) is 0 Å². The third kappa shape index (κ3) is 1.80. The Kier molecular flexibility index (Phi) is 2.11. The van der Waals surface area contributed by atoms with E-state index >= 15 is 0 Å². The van der Waals surface area contributed by atoms with Gasteiger partial charge in [-0.25, -0.2) is 13.6 Å². The highest BCUT2D eigenvalue weighted by molar-refractivity contribution is 7.89. The SMILES string of the molecule is CC(C1CC1)n1cc(S(N)(=O)=O)cn1. The Morgan fingerprint density at radius 2 is 2.29 bits per heavy atom. The summed E-state index contributed by atoms with van der Waals surface area (Å²) in [5, 5.41) is 8.98. The number of primary sulfonamides is 1. The predicted molar refractivity (Wildman–Crippen MR) is 51.0 cm³/mol. The van der Waals surface area contributed by atoms with Crippen molar-refractivity contribution in [2.45, 2.75) is 30.7 Å². The molecule has 0 amide bonds. The molecule has 5 nitrogen and oxygen atoms in total. The van der Waals surface area contributed by atoms with Gasteiger partial charge in [0.05, 0.1) is 12.2 Å². The largest absolute Gasteiger partial charge is 0.268 e. The van der Waals surface area contributed by atoms with Gasteiger partial charge in [-0.3, -0.25) is 4.68 Å². The number of nitrogens with zero attached hydrogens (tertiary/aromatic N) is 2. The number of sulfonamides is 1. The molecule has 1 aliphatic carbocycles. The quantitative estimate of drug-likeness (QED) is 0.797. The van der Waals surface area contributed by atoms with Gasteiger partial charge < -0.3 is 0 Å². The second kappa shape index (κ2) is 3.06. The number of aromatic nitrogens is 2. The molecule has 14 heavy (non-hydrogen) atoms. The van der Waals surface area contributed by atoms with Crippen LogP contribution in [-0.4, -0.2) is 18.2 Å². The summed E-state index contributed by atoms with van der Waals surface area (Å²) in [7, 11) is -3.60. The molecule has 0 radical (unpaired) electrons. The molecule has 78 valence electrons. The van der Waals surface area contributed by atoms with E-state index in [0.29, 0.717) is 5.92 Å². The van der Waals surface area contributed by atoms with Crippen LogP contribution >= 0.6 is 0 Å². The minimum absolute atomic E-state index is 0.0880. The van der Waals surface area contributed by atoms with E-state index in [1.807, 2.05) is 6.92 Å². The lowest BCUT2D eigenvalue weighted by Gasteiger charge is -2.09. The third-order valence-electron chi connectivity index (χ3n) is 2.63. The molecular weight excluding hydrogens is 202 g/mol. The highest BCUT2D eigenvalue weighted by atomic mass is 32.2. The Labute approximate surface area is 83.0 Å². The van der Waals surface area contributed by atoms with Crippen molar-refractivity contribution in [3.63, 3.8) is 0 Å². The zero-order chi connectivity index (χ0) is 10.3. The lowest BCUT2D eigenvalue weighted by atomic mass is 10.2. The van der Waals surface area contributed by atoms with E-state index in [0.717, 1.165) is 0 Å². The van der Waals surface area contributed by atoms with Gasteiger partial charge in [-0.15, -0.1) is 0 Å². The van der Waals surface area contributed by atoms with E-state index in [9.17, 15) is 8.42 Å². The number of rotatable bonds is 3. The van der Waals surface area contributed by atoms with Crippen molar-refractivity contribution in [2.75, 3.05) is 0 Å². The van der Waals surface area contributed by atoms with Gasteiger partial charge in [0.2, 0.25) is 10.0 Å². The molecule has 6 heteroatoms. The Morgan fingerprint density at radius 1 is 1.64 bits per heavy atom. The molecule has 0 saturated heterocycles. The summed E-state index contributed by atoms with van der Waals surface area (Å²) in [6.45, 7) is 2.04. The highest BCUT2D eigenvalue weighted by Gasteiger charge is 2.30. The van der Waals surface area contributed by atoms with Crippen LogP contribution in [0, 0.1) is 5.92 Å². The van der Waals surface area contributed by atoms with E-state index in [1.165, 1.54) is 25.2 Å². The van der Waals surface area contributed by atoms with E-state index in [4.69, 9.17) is 5.14 Å². The van der Waals surface area contributed by atoms with Gasteiger partial charge >= 0.3 is 0 Å². The number of nitrogens with two attached hydrogens (primary N) is 1. The average Bonchev–Trinajstić information content (AvgIpc) is 2.79. The van der Waals surface area contributed by atoms with Gasteiger partial charge in [0.15, 0.2) is 0 Å². The van der Waals surface area contributed by atoms with Crippen molar-refractivity contribution in [2.24, 2.45) is 11.1 Å². The Morgan fingerprint density at radius 3 is 2.71 bits per heavy atom. The minimum Gasteiger partial charge on any atom is -0.268 e. The highest BCUT2D eigenvalue weighted by Crippen LogP contribution is 2.39. The summed E-state index contributed by atoms with van der Waals surface area (Å²) >= 11 is 0. The molecule has 1 saturated carbocycles. The molecule has 0 spiro atoms. The van der Waals surface area contributed by atoms with Crippen molar-refractivity contribution in [3.8, 4) is 0 Å². The van der Waals surface area contributed by atoms with Gasteiger partial charge in [-0.05, 0) is 25.7 Å². The summed E-state index contributed by atoms with van der Waals surface area (Å²) in [5.41, 5.74) is 0. The van der Waals surface area contributed by atoms with Crippen molar-refractivity contribution in [3.05, 3.63) is 12.4 Å². The molecule has 1 heterocycles. The third-order valence-corrected chi connectivity index (χ3v) is 3.50. The van der Waals surface area contributed by atoms with Gasteiger partial charge in [0.25, 0.3) is 0 Å². The van der Waals surface area contributed by atoms with Crippen molar-refractivity contribution < 1.29 is 8.42 Å². The first-order valence-electron chi connectivity index (χ1n) is 4.55. The van der Waals surface area contributed by atoms with Crippen LogP contribution < -0.4 is 5.14 Å². The van der Waals surface area contributed by atoms with E-state index in [1.54, 1.807) is 4.68 Å². The first kappa shape index (κ1) is 9.67. The molecule has 1 atom stereocenters. The van der Waals surface area contributed by atoms with Crippen molar-refractivity contribution in [1.82, 2.24) is 9.78 Å². The maximum atomic E-state index is 11.0. The van der Waals surface area contributed by atoms with Crippen LogP contribution in [0.15, 0.2) is 17.3 Å². The number of hydrogen-bond donors (Lipinski definition) is 1. The molecule has 0 bridgehead atoms. The molecule has 1 aromatic heterocycles. The fraction of sp³-hybridized carbons (Fsp3) is 0.625. The van der Waals surface area contributed by atoms with Crippen LogP contribution in [0.25, 0.3) is 0 Å². The van der Waals surface area contributed by atoms with Gasteiger partial charge in [0, 0.05) is 6.20 Å². The normalized spacial score (nSPS) is 19.6. The zero-order valence-corrected chi connectivity index (χ0v) is 8.74. The first-order valence-corrected chi connectivity index (χ1v) is 6.10. The molecule has 2 rings (SSSR count). The standard InChI is InChI=1S/C8H13N3O2S/c1-6(7-2-3-7)11-5-8(4-10-11)14(9,12)13/h4-7H,2-3H2,1H3,(H2,9,12,13).